The maximum atomic E-state index is 12.5. The fourth-order valence-electron chi connectivity index (χ4n) is 3.98. The molecule has 0 aromatic heterocycles. The summed E-state index contributed by atoms with van der Waals surface area (Å²) in [5, 5.41) is 3.22. The molecule has 1 aliphatic rings. The number of likely N-dealkylation sites (tertiary alicyclic amines) is 1. The Labute approximate surface area is 174 Å². The number of methoxy groups -OCH3 is 2. The van der Waals surface area contributed by atoms with Crippen molar-refractivity contribution in [2.24, 2.45) is 0 Å². The van der Waals surface area contributed by atoms with Crippen LogP contribution < -0.4 is 14.8 Å². The zero-order valence-corrected chi connectivity index (χ0v) is 17.5. The fourth-order valence-corrected chi connectivity index (χ4v) is 3.98. The van der Waals surface area contributed by atoms with Crippen molar-refractivity contribution < 1.29 is 14.3 Å². The van der Waals surface area contributed by atoms with Crippen LogP contribution >= 0.6 is 0 Å². The molecule has 0 unspecified atom stereocenters. The molecule has 1 aliphatic heterocycles. The van der Waals surface area contributed by atoms with E-state index in [1.165, 1.54) is 5.56 Å². The van der Waals surface area contributed by atoms with Crippen LogP contribution in [0.1, 0.15) is 30.4 Å². The van der Waals surface area contributed by atoms with E-state index in [0.29, 0.717) is 17.9 Å². The number of piperidine rings is 1. The minimum absolute atomic E-state index is 0.0633. The topological polar surface area (TPSA) is 50.8 Å². The monoisotopic (exact) mass is 396 g/mol. The lowest BCUT2D eigenvalue weighted by atomic mass is 10.0. The second-order valence-corrected chi connectivity index (χ2v) is 7.66. The first-order valence-corrected chi connectivity index (χ1v) is 10.4. The molecule has 2 aromatic carbocycles. The highest BCUT2D eigenvalue weighted by atomic mass is 16.5. The lowest BCUT2D eigenvalue weighted by Gasteiger charge is -2.33. The van der Waals surface area contributed by atoms with E-state index in [0.717, 1.165) is 50.9 Å². The first-order chi connectivity index (χ1) is 14.2. The van der Waals surface area contributed by atoms with Crippen LogP contribution in [0.4, 0.5) is 0 Å². The summed E-state index contributed by atoms with van der Waals surface area (Å²) in [5.41, 5.74) is 2.32. The van der Waals surface area contributed by atoms with Gasteiger partial charge in [-0.2, -0.15) is 0 Å². The van der Waals surface area contributed by atoms with Crippen LogP contribution in [-0.4, -0.2) is 50.7 Å². The van der Waals surface area contributed by atoms with Gasteiger partial charge in [0.2, 0.25) is 5.91 Å². The molecule has 0 saturated carbocycles. The fraction of sp³-hybridized carbons (Fsp3) is 0.458. The summed E-state index contributed by atoms with van der Waals surface area (Å²) in [7, 11) is 3.22. The maximum Gasteiger partial charge on any atom is 0.224 e. The number of hydrogen-bond donors (Lipinski definition) is 1. The molecule has 3 rings (SSSR count). The minimum Gasteiger partial charge on any atom is -0.493 e. The molecule has 5 nitrogen and oxygen atoms in total. The van der Waals surface area contributed by atoms with Gasteiger partial charge in [0.1, 0.15) is 0 Å². The van der Waals surface area contributed by atoms with Gasteiger partial charge >= 0.3 is 0 Å². The largest absolute Gasteiger partial charge is 0.493 e. The Balaban J connectivity index is 1.44. The van der Waals surface area contributed by atoms with E-state index < -0.39 is 0 Å². The predicted molar refractivity (Wildman–Crippen MR) is 116 cm³/mol. The normalized spacial score (nSPS) is 17.0. The van der Waals surface area contributed by atoms with Crippen molar-refractivity contribution in [3.63, 3.8) is 0 Å². The molecule has 0 aliphatic carbocycles. The Kier molecular flexibility index (Phi) is 7.94. The van der Waals surface area contributed by atoms with Crippen molar-refractivity contribution in [1.29, 1.82) is 0 Å². The summed E-state index contributed by atoms with van der Waals surface area (Å²) in [6, 6.07) is 16.5. The quantitative estimate of drug-likeness (QED) is 0.705. The van der Waals surface area contributed by atoms with Gasteiger partial charge in [-0.1, -0.05) is 36.4 Å². The molecule has 1 fully saturated rings. The summed E-state index contributed by atoms with van der Waals surface area (Å²) < 4.78 is 10.6. The van der Waals surface area contributed by atoms with Crippen molar-refractivity contribution in [1.82, 2.24) is 10.2 Å². The first-order valence-electron chi connectivity index (χ1n) is 10.4. The van der Waals surface area contributed by atoms with Crippen LogP contribution in [0.15, 0.2) is 48.5 Å². The van der Waals surface area contributed by atoms with E-state index in [1.807, 2.05) is 18.2 Å². The number of ether oxygens (including phenoxy) is 2. The van der Waals surface area contributed by atoms with Crippen molar-refractivity contribution in [2.75, 3.05) is 33.9 Å². The highest BCUT2D eigenvalue weighted by molar-refractivity contribution is 5.79. The van der Waals surface area contributed by atoms with Crippen molar-refractivity contribution in [3.8, 4) is 11.5 Å². The average molecular weight is 397 g/mol. The number of rotatable bonds is 9. The summed E-state index contributed by atoms with van der Waals surface area (Å²) >= 11 is 0. The van der Waals surface area contributed by atoms with E-state index in [4.69, 9.17) is 9.47 Å². The lowest BCUT2D eigenvalue weighted by Crippen LogP contribution is -2.48. The molecule has 2 aromatic rings. The van der Waals surface area contributed by atoms with E-state index >= 15 is 0 Å². The smallest absolute Gasteiger partial charge is 0.224 e. The molecule has 0 bridgehead atoms. The SMILES string of the molecule is COc1ccc(CC(=O)N[C@@H]2CCCN(CCCc3ccccc3)C2)cc1OC. The van der Waals surface area contributed by atoms with Crippen LogP contribution in [-0.2, 0) is 17.6 Å². The van der Waals surface area contributed by atoms with Crippen LogP contribution in [0.25, 0.3) is 0 Å². The molecule has 1 heterocycles. The summed E-state index contributed by atoms with van der Waals surface area (Å²) in [4.78, 5) is 15.0. The van der Waals surface area contributed by atoms with Gasteiger partial charge in [-0.15, -0.1) is 0 Å². The molecule has 156 valence electrons. The Hall–Kier alpha value is -2.53. The van der Waals surface area contributed by atoms with E-state index in [2.05, 4.69) is 40.5 Å². The number of nitrogens with zero attached hydrogens (tertiary/aromatic N) is 1. The molecule has 0 spiro atoms. The van der Waals surface area contributed by atoms with Gasteiger partial charge in [-0.3, -0.25) is 4.79 Å². The lowest BCUT2D eigenvalue weighted by molar-refractivity contribution is -0.121. The third kappa shape index (κ3) is 6.50. The number of benzene rings is 2. The molecule has 0 radical (unpaired) electrons. The van der Waals surface area contributed by atoms with Crippen LogP contribution in [0.2, 0.25) is 0 Å². The first kappa shape index (κ1) is 21.2. The van der Waals surface area contributed by atoms with E-state index in [-0.39, 0.29) is 11.9 Å². The second kappa shape index (κ2) is 10.9. The molecule has 29 heavy (non-hydrogen) atoms. The number of amides is 1. The second-order valence-electron chi connectivity index (χ2n) is 7.66. The third-order valence-corrected chi connectivity index (χ3v) is 5.47. The third-order valence-electron chi connectivity index (χ3n) is 5.47. The van der Waals surface area contributed by atoms with E-state index in [9.17, 15) is 4.79 Å². The highest BCUT2D eigenvalue weighted by Crippen LogP contribution is 2.27. The predicted octanol–water partition coefficient (Wildman–Crippen LogP) is 3.46. The van der Waals surface area contributed by atoms with Crippen molar-refractivity contribution in [2.45, 2.75) is 38.1 Å². The Morgan fingerprint density at radius 1 is 1.07 bits per heavy atom. The Bertz CT molecular complexity index is 779. The van der Waals surface area contributed by atoms with Gasteiger partial charge in [-0.05, 0) is 62.0 Å². The minimum atomic E-state index is 0.0633. The number of carbonyl (C=O) groups excluding carboxylic acids is 1. The molecule has 1 N–H and O–H groups in total. The number of hydrogen-bond acceptors (Lipinski definition) is 4. The summed E-state index contributed by atoms with van der Waals surface area (Å²) in [6.45, 7) is 3.14. The van der Waals surface area contributed by atoms with Gasteiger partial charge in [0.05, 0.1) is 20.6 Å². The van der Waals surface area contributed by atoms with Crippen LogP contribution in [0.3, 0.4) is 0 Å². The number of aryl methyl sites for hydroxylation is 1. The Morgan fingerprint density at radius 2 is 1.86 bits per heavy atom. The molecule has 1 amide bonds. The molecule has 5 heteroatoms. The summed E-state index contributed by atoms with van der Waals surface area (Å²) in [6.07, 6.45) is 4.79. The average Bonchev–Trinajstić information content (AvgIpc) is 2.74. The van der Waals surface area contributed by atoms with Crippen LogP contribution in [0.5, 0.6) is 11.5 Å². The van der Waals surface area contributed by atoms with Gasteiger partial charge in [0, 0.05) is 12.6 Å². The van der Waals surface area contributed by atoms with Gasteiger partial charge in [0.15, 0.2) is 11.5 Å². The molecular formula is C24H32N2O3. The van der Waals surface area contributed by atoms with Crippen molar-refractivity contribution in [3.05, 3.63) is 59.7 Å². The highest BCUT2D eigenvalue weighted by Gasteiger charge is 2.21. The number of nitrogens with one attached hydrogen (secondary N) is 1. The standard InChI is InChI=1S/C24H32N2O3/c1-28-22-13-12-20(16-23(22)29-2)17-24(27)25-21-11-7-15-26(18-21)14-6-10-19-8-4-3-5-9-19/h3-5,8-9,12-13,16,21H,6-7,10-11,14-15,17-18H2,1-2H3,(H,25,27)/t21-/m1/s1. The van der Waals surface area contributed by atoms with Crippen molar-refractivity contribution >= 4 is 5.91 Å². The van der Waals surface area contributed by atoms with E-state index in [1.54, 1.807) is 14.2 Å². The zero-order valence-electron chi connectivity index (χ0n) is 17.5. The number of carbonyl (C=O) groups is 1. The molecule has 1 atom stereocenters. The molecular weight excluding hydrogens is 364 g/mol. The zero-order chi connectivity index (χ0) is 20.5. The summed E-state index contributed by atoms with van der Waals surface area (Å²) in [5.74, 6) is 1.39. The van der Waals surface area contributed by atoms with Crippen LogP contribution in [0, 0.1) is 0 Å². The van der Waals surface area contributed by atoms with Gasteiger partial charge in [0.25, 0.3) is 0 Å². The maximum absolute atomic E-state index is 12.5. The molecule has 1 saturated heterocycles. The Morgan fingerprint density at radius 3 is 2.62 bits per heavy atom. The van der Waals surface area contributed by atoms with Gasteiger partial charge in [-0.25, -0.2) is 0 Å². The van der Waals surface area contributed by atoms with Gasteiger partial charge < -0.3 is 19.7 Å².